The van der Waals surface area contributed by atoms with Crippen LogP contribution in [0.25, 0.3) is 0 Å². The van der Waals surface area contributed by atoms with Crippen molar-refractivity contribution in [1.29, 1.82) is 0 Å². The Labute approximate surface area is 151 Å². The molecule has 2 N–H and O–H groups in total. The van der Waals surface area contributed by atoms with Crippen LogP contribution in [0.3, 0.4) is 0 Å². The minimum absolute atomic E-state index is 0.00588. The smallest absolute Gasteiger partial charge is 0.356 e. The van der Waals surface area contributed by atoms with Crippen molar-refractivity contribution in [1.82, 2.24) is 20.0 Å². The third kappa shape index (κ3) is 3.63. The van der Waals surface area contributed by atoms with Crippen LogP contribution in [0.4, 0.5) is 0 Å². The average Bonchev–Trinajstić information content (AvgIpc) is 3.09. The first-order chi connectivity index (χ1) is 12.5. The van der Waals surface area contributed by atoms with Gasteiger partial charge in [0.05, 0.1) is 18.8 Å². The van der Waals surface area contributed by atoms with Crippen molar-refractivity contribution in [2.45, 2.75) is 38.8 Å². The van der Waals surface area contributed by atoms with Gasteiger partial charge in [-0.05, 0) is 18.9 Å². The Kier molecular flexibility index (Phi) is 5.39. The predicted molar refractivity (Wildman–Crippen MR) is 93.3 cm³/mol. The second-order valence-corrected chi connectivity index (χ2v) is 6.84. The van der Waals surface area contributed by atoms with Crippen LogP contribution in [0.1, 0.15) is 41.9 Å². The van der Waals surface area contributed by atoms with Gasteiger partial charge in [-0.15, -0.1) is 6.58 Å². The summed E-state index contributed by atoms with van der Waals surface area (Å²) in [6.45, 7) is 5.27. The molecule has 2 atom stereocenters. The summed E-state index contributed by atoms with van der Waals surface area (Å²) < 4.78 is 1.64. The molecular weight excluding hydrogens is 336 g/mol. The van der Waals surface area contributed by atoms with E-state index < -0.39 is 5.97 Å². The molecule has 1 aromatic heterocycles. The zero-order valence-electron chi connectivity index (χ0n) is 14.7. The van der Waals surface area contributed by atoms with Gasteiger partial charge in [0.25, 0.3) is 0 Å². The minimum atomic E-state index is -1.07. The molecule has 0 spiro atoms. The summed E-state index contributed by atoms with van der Waals surface area (Å²) in [7, 11) is 0. The van der Waals surface area contributed by atoms with E-state index in [9.17, 15) is 14.4 Å². The van der Waals surface area contributed by atoms with Crippen molar-refractivity contribution in [3.8, 4) is 0 Å². The molecule has 1 saturated carbocycles. The molecule has 1 aliphatic carbocycles. The van der Waals surface area contributed by atoms with Gasteiger partial charge in [0.2, 0.25) is 11.8 Å². The molecule has 2 amide bonds. The van der Waals surface area contributed by atoms with Crippen LogP contribution < -0.4 is 5.32 Å². The van der Waals surface area contributed by atoms with Crippen molar-refractivity contribution >= 4 is 17.8 Å². The second-order valence-electron chi connectivity index (χ2n) is 6.84. The van der Waals surface area contributed by atoms with E-state index >= 15 is 0 Å². The minimum Gasteiger partial charge on any atom is -0.476 e. The molecule has 2 aliphatic rings. The maximum atomic E-state index is 13.1. The van der Waals surface area contributed by atoms with Gasteiger partial charge in [-0.2, -0.15) is 5.10 Å². The molecule has 140 valence electrons. The van der Waals surface area contributed by atoms with Crippen LogP contribution in [0.5, 0.6) is 0 Å². The summed E-state index contributed by atoms with van der Waals surface area (Å²) in [5.74, 6) is -1.80. The van der Waals surface area contributed by atoms with Gasteiger partial charge in [0.1, 0.15) is 0 Å². The zero-order chi connectivity index (χ0) is 18.7. The lowest BCUT2D eigenvalue weighted by Crippen LogP contribution is -2.47. The van der Waals surface area contributed by atoms with Gasteiger partial charge in [-0.3, -0.25) is 14.3 Å². The fourth-order valence-corrected chi connectivity index (χ4v) is 3.84. The number of carbonyl (C=O) groups is 3. The number of carboxylic acid groups (broad SMARTS) is 1. The molecular formula is C18H24N4O4. The van der Waals surface area contributed by atoms with Gasteiger partial charge in [-0.1, -0.05) is 18.9 Å². The van der Waals surface area contributed by atoms with Gasteiger partial charge in [0.15, 0.2) is 5.69 Å². The fourth-order valence-electron chi connectivity index (χ4n) is 3.84. The highest BCUT2D eigenvalue weighted by Gasteiger charge is 2.38. The normalized spacial score (nSPS) is 22.4. The first kappa shape index (κ1) is 18.2. The number of nitrogens with zero attached hydrogens (tertiary/aromatic N) is 3. The van der Waals surface area contributed by atoms with Crippen molar-refractivity contribution < 1.29 is 19.5 Å². The SMILES string of the molecule is C=CCNC(=O)[C@@H]1CCCC[C@@H]1C(=O)N1CCn2nc(C(=O)O)cc2C1. The van der Waals surface area contributed by atoms with E-state index in [1.54, 1.807) is 15.7 Å². The number of aromatic nitrogens is 2. The molecule has 0 aromatic carbocycles. The molecule has 8 heteroatoms. The van der Waals surface area contributed by atoms with Crippen molar-refractivity contribution in [2.75, 3.05) is 13.1 Å². The van der Waals surface area contributed by atoms with E-state index in [0.29, 0.717) is 44.7 Å². The number of aromatic carboxylic acids is 1. The van der Waals surface area contributed by atoms with E-state index in [2.05, 4.69) is 17.0 Å². The maximum Gasteiger partial charge on any atom is 0.356 e. The number of carboxylic acids is 1. The summed E-state index contributed by atoms with van der Waals surface area (Å²) >= 11 is 0. The van der Waals surface area contributed by atoms with Crippen molar-refractivity contribution in [3.05, 3.63) is 30.1 Å². The topological polar surface area (TPSA) is 105 Å². The average molecular weight is 360 g/mol. The Balaban J connectivity index is 1.71. The highest BCUT2D eigenvalue weighted by molar-refractivity contribution is 5.88. The number of amides is 2. The molecule has 1 aromatic rings. The Bertz CT molecular complexity index is 727. The first-order valence-corrected chi connectivity index (χ1v) is 8.98. The lowest BCUT2D eigenvalue weighted by Gasteiger charge is -2.35. The monoisotopic (exact) mass is 360 g/mol. The van der Waals surface area contributed by atoms with Gasteiger partial charge >= 0.3 is 5.97 Å². The lowest BCUT2D eigenvalue weighted by molar-refractivity contribution is -0.144. The van der Waals surface area contributed by atoms with Crippen molar-refractivity contribution in [2.24, 2.45) is 11.8 Å². The number of fused-ring (bicyclic) bond motifs is 1. The second kappa shape index (κ2) is 7.72. The van der Waals surface area contributed by atoms with E-state index in [0.717, 1.165) is 12.8 Å². The van der Waals surface area contributed by atoms with Crippen LogP contribution >= 0.6 is 0 Å². The van der Waals surface area contributed by atoms with Crippen LogP contribution in [0.2, 0.25) is 0 Å². The Morgan fingerprint density at radius 2 is 2.00 bits per heavy atom. The third-order valence-electron chi connectivity index (χ3n) is 5.17. The molecule has 2 heterocycles. The van der Waals surface area contributed by atoms with Gasteiger partial charge < -0.3 is 15.3 Å². The van der Waals surface area contributed by atoms with Crippen LogP contribution in [0.15, 0.2) is 18.7 Å². The Morgan fingerprint density at radius 1 is 1.27 bits per heavy atom. The molecule has 8 nitrogen and oxygen atoms in total. The van der Waals surface area contributed by atoms with E-state index in [1.807, 2.05) is 0 Å². The number of hydrogen-bond acceptors (Lipinski definition) is 4. The summed E-state index contributed by atoms with van der Waals surface area (Å²) in [5, 5.41) is 15.9. The molecule has 1 fully saturated rings. The standard InChI is InChI=1S/C18H24N4O4/c1-2-7-19-16(23)13-5-3-4-6-14(13)17(24)21-8-9-22-12(11-21)10-15(20-22)18(25)26/h2,10,13-14H,1,3-9,11H2,(H,19,23)(H,25,26)/t13-,14+/m1/s1. The van der Waals surface area contributed by atoms with Crippen molar-refractivity contribution in [3.63, 3.8) is 0 Å². The van der Waals surface area contributed by atoms with E-state index in [-0.39, 0.29) is 29.3 Å². The Hall–Kier alpha value is -2.64. The highest BCUT2D eigenvalue weighted by atomic mass is 16.4. The highest BCUT2D eigenvalue weighted by Crippen LogP contribution is 2.32. The number of carbonyl (C=O) groups excluding carboxylic acids is 2. The number of hydrogen-bond donors (Lipinski definition) is 2. The summed E-state index contributed by atoms with van der Waals surface area (Å²) in [5.41, 5.74) is 0.708. The van der Waals surface area contributed by atoms with E-state index in [1.165, 1.54) is 6.07 Å². The molecule has 0 radical (unpaired) electrons. The largest absolute Gasteiger partial charge is 0.476 e. The first-order valence-electron chi connectivity index (χ1n) is 8.98. The third-order valence-corrected chi connectivity index (χ3v) is 5.17. The summed E-state index contributed by atoms with van der Waals surface area (Å²) in [4.78, 5) is 38.3. The molecule has 0 saturated heterocycles. The van der Waals surface area contributed by atoms with Crippen LogP contribution in [-0.2, 0) is 22.7 Å². The summed E-state index contributed by atoms with van der Waals surface area (Å²) in [6.07, 6.45) is 4.94. The van der Waals surface area contributed by atoms with Gasteiger partial charge in [0, 0.05) is 24.9 Å². The predicted octanol–water partition coefficient (Wildman–Crippen LogP) is 1.03. The number of nitrogens with one attached hydrogen (secondary N) is 1. The van der Waals surface area contributed by atoms with Crippen LogP contribution in [0, 0.1) is 11.8 Å². The lowest BCUT2D eigenvalue weighted by atomic mass is 9.77. The quantitative estimate of drug-likeness (QED) is 0.763. The maximum absolute atomic E-state index is 13.1. The molecule has 0 unspecified atom stereocenters. The summed E-state index contributed by atoms with van der Waals surface area (Å²) in [6, 6.07) is 1.51. The molecule has 0 bridgehead atoms. The zero-order valence-corrected chi connectivity index (χ0v) is 14.7. The number of rotatable bonds is 5. The van der Waals surface area contributed by atoms with E-state index in [4.69, 9.17) is 5.11 Å². The molecule has 1 aliphatic heterocycles. The van der Waals surface area contributed by atoms with Gasteiger partial charge in [-0.25, -0.2) is 4.79 Å². The van der Waals surface area contributed by atoms with Crippen LogP contribution in [-0.4, -0.2) is 50.7 Å². The molecule has 3 rings (SSSR count). The fraction of sp³-hybridized carbons (Fsp3) is 0.556. The molecule has 26 heavy (non-hydrogen) atoms. The Morgan fingerprint density at radius 3 is 2.69 bits per heavy atom.